The van der Waals surface area contributed by atoms with Crippen LogP contribution < -0.4 is 0 Å². The molecule has 1 atom stereocenters. The lowest BCUT2D eigenvalue weighted by atomic mass is 10.0. The minimum absolute atomic E-state index is 0.0770. The van der Waals surface area contributed by atoms with Gasteiger partial charge in [-0.2, -0.15) is 0 Å². The third-order valence-electron chi connectivity index (χ3n) is 13.4. The van der Waals surface area contributed by atoms with Crippen molar-refractivity contribution in [1.82, 2.24) is 0 Å². The van der Waals surface area contributed by atoms with Crippen molar-refractivity contribution in [3.05, 3.63) is 36.5 Å². The van der Waals surface area contributed by atoms with Crippen molar-refractivity contribution >= 4 is 17.9 Å². The lowest BCUT2D eigenvalue weighted by Gasteiger charge is -2.18. The normalized spacial score (nSPS) is 12.2. The van der Waals surface area contributed by atoms with Crippen molar-refractivity contribution < 1.29 is 28.6 Å². The first-order valence-corrected chi connectivity index (χ1v) is 30.0. The monoisotopic (exact) mass is 955 g/mol. The van der Waals surface area contributed by atoms with Crippen molar-refractivity contribution in [2.24, 2.45) is 0 Å². The lowest BCUT2D eigenvalue weighted by Crippen LogP contribution is -2.30. The largest absolute Gasteiger partial charge is 0.462 e. The average Bonchev–Trinajstić information content (AvgIpc) is 3.34. The summed E-state index contributed by atoms with van der Waals surface area (Å²) in [5.74, 6) is -0.884. The molecule has 0 aromatic heterocycles. The van der Waals surface area contributed by atoms with Crippen LogP contribution in [0.2, 0.25) is 0 Å². The van der Waals surface area contributed by atoms with E-state index in [-0.39, 0.29) is 31.1 Å². The number of allylic oxidation sites excluding steroid dienone is 6. The van der Waals surface area contributed by atoms with Crippen LogP contribution in [-0.4, -0.2) is 37.2 Å². The standard InChI is InChI=1S/C62H114O6/c1-4-7-10-13-16-19-22-24-26-28-29-30-31-32-33-34-36-37-40-43-46-49-52-55-61(64)67-58-59(57-66-60(63)54-51-48-45-42-39-21-18-15-12-9-6-3)68-62(65)56-53-50-47-44-41-38-35-27-25-23-20-17-14-11-8-5-2/h15,18,20,23,27,35,59H,4-14,16-17,19,21-22,24-26,28-34,36-58H2,1-3H3/b18-15-,23-20-,35-27-. The Bertz CT molecular complexity index is 1140. The first-order chi connectivity index (χ1) is 33.5. The second-order valence-electron chi connectivity index (χ2n) is 20.3. The van der Waals surface area contributed by atoms with E-state index in [4.69, 9.17) is 14.2 Å². The van der Waals surface area contributed by atoms with Gasteiger partial charge in [0.15, 0.2) is 6.10 Å². The summed E-state index contributed by atoms with van der Waals surface area (Å²) in [7, 11) is 0. The minimum Gasteiger partial charge on any atom is -0.462 e. The van der Waals surface area contributed by atoms with Crippen LogP contribution in [0.1, 0.15) is 323 Å². The van der Waals surface area contributed by atoms with E-state index in [0.29, 0.717) is 19.3 Å². The highest BCUT2D eigenvalue weighted by atomic mass is 16.6. The van der Waals surface area contributed by atoms with Gasteiger partial charge in [-0.05, 0) is 70.6 Å². The fourth-order valence-electron chi connectivity index (χ4n) is 8.81. The molecule has 0 saturated carbocycles. The Morgan fingerprint density at radius 3 is 0.882 bits per heavy atom. The van der Waals surface area contributed by atoms with E-state index >= 15 is 0 Å². The van der Waals surface area contributed by atoms with Crippen LogP contribution in [0.4, 0.5) is 0 Å². The molecule has 0 spiro atoms. The smallest absolute Gasteiger partial charge is 0.306 e. The van der Waals surface area contributed by atoms with Crippen LogP contribution in [0.3, 0.4) is 0 Å². The summed E-state index contributed by atoms with van der Waals surface area (Å²) in [5.41, 5.74) is 0. The molecule has 1 unspecified atom stereocenters. The Morgan fingerprint density at radius 2 is 0.544 bits per heavy atom. The molecular formula is C62H114O6. The van der Waals surface area contributed by atoms with Crippen LogP contribution in [0.5, 0.6) is 0 Å². The molecule has 0 bridgehead atoms. The van der Waals surface area contributed by atoms with E-state index in [0.717, 1.165) is 89.9 Å². The molecule has 0 aromatic carbocycles. The van der Waals surface area contributed by atoms with Crippen LogP contribution in [0.15, 0.2) is 36.5 Å². The maximum atomic E-state index is 12.8. The molecule has 0 aliphatic rings. The molecule has 68 heavy (non-hydrogen) atoms. The number of unbranched alkanes of at least 4 members (excludes halogenated alkanes) is 38. The Balaban J connectivity index is 4.24. The van der Waals surface area contributed by atoms with Gasteiger partial charge in [-0.1, -0.05) is 269 Å². The van der Waals surface area contributed by atoms with Gasteiger partial charge in [0.2, 0.25) is 0 Å². The fourth-order valence-corrected chi connectivity index (χ4v) is 8.81. The number of hydrogen-bond donors (Lipinski definition) is 0. The predicted molar refractivity (Wildman–Crippen MR) is 293 cm³/mol. The number of carbonyl (C=O) groups is 3. The number of ether oxygens (including phenoxy) is 3. The quantitative estimate of drug-likeness (QED) is 0.0262. The van der Waals surface area contributed by atoms with Crippen LogP contribution in [-0.2, 0) is 28.6 Å². The number of hydrogen-bond acceptors (Lipinski definition) is 6. The van der Waals surface area contributed by atoms with E-state index in [1.54, 1.807) is 0 Å². The van der Waals surface area contributed by atoms with Gasteiger partial charge in [0.1, 0.15) is 13.2 Å². The van der Waals surface area contributed by atoms with Gasteiger partial charge < -0.3 is 14.2 Å². The predicted octanol–water partition coefficient (Wildman–Crippen LogP) is 20.0. The highest BCUT2D eigenvalue weighted by molar-refractivity contribution is 5.71. The SMILES string of the molecule is CCCC/C=C\CCCCCCCC(=O)OCC(COC(=O)CCCCCCCCCCCCCCCCCCCCCCCCC)OC(=O)CCCCCCC/C=C\C/C=C\CCCCCC. The van der Waals surface area contributed by atoms with Crippen molar-refractivity contribution in [1.29, 1.82) is 0 Å². The first-order valence-electron chi connectivity index (χ1n) is 30.0. The van der Waals surface area contributed by atoms with Gasteiger partial charge in [-0.3, -0.25) is 14.4 Å². The Labute approximate surface area is 423 Å². The van der Waals surface area contributed by atoms with Gasteiger partial charge >= 0.3 is 17.9 Å². The molecule has 0 N–H and O–H groups in total. The summed E-state index contributed by atoms with van der Waals surface area (Å²) in [6.07, 6.45) is 68.6. The number of esters is 3. The zero-order valence-electron chi connectivity index (χ0n) is 45.6. The molecule has 0 heterocycles. The molecule has 0 amide bonds. The van der Waals surface area contributed by atoms with Crippen molar-refractivity contribution in [2.75, 3.05) is 13.2 Å². The maximum absolute atomic E-state index is 12.8. The van der Waals surface area contributed by atoms with E-state index in [1.165, 1.54) is 193 Å². The molecule has 0 aliphatic heterocycles. The Kier molecular flexibility index (Phi) is 55.2. The summed E-state index contributed by atoms with van der Waals surface area (Å²) < 4.78 is 16.9. The summed E-state index contributed by atoms with van der Waals surface area (Å²) in [6.45, 7) is 6.61. The van der Waals surface area contributed by atoms with E-state index in [1.807, 2.05) is 0 Å². The van der Waals surface area contributed by atoms with E-state index in [9.17, 15) is 14.4 Å². The number of rotatable bonds is 55. The molecule has 398 valence electrons. The first kappa shape index (κ1) is 65.6. The summed E-state index contributed by atoms with van der Waals surface area (Å²) in [6, 6.07) is 0. The topological polar surface area (TPSA) is 78.9 Å². The summed E-state index contributed by atoms with van der Waals surface area (Å²) in [5, 5.41) is 0. The van der Waals surface area contributed by atoms with Crippen molar-refractivity contribution in [3.8, 4) is 0 Å². The van der Waals surface area contributed by atoms with Crippen LogP contribution in [0, 0.1) is 0 Å². The highest BCUT2D eigenvalue weighted by Gasteiger charge is 2.19. The molecule has 0 aliphatic carbocycles. The molecule has 0 rings (SSSR count). The summed E-state index contributed by atoms with van der Waals surface area (Å²) >= 11 is 0. The van der Waals surface area contributed by atoms with Crippen LogP contribution >= 0.6 is 0 Å². The van der Waals surface area contributed by atoms with Gasteiger partial charge in [0.25, 0.3) is 0 Å². The molecule has 0 aromatic rings. The molecule has 0 fully saturated rings. The van der Waals surface area contributed by atoms with Gasteiger partial charge in [-0.25, -0.2) is 0 Å². The fraction of sp³-hybridized carbons (Fsp3) is 0.855. The molecule has 6 heteroatoms. The third kappa shape index (κ3) is 54.6. The van der Waals surface area contributed by atoms with Gasteiger partial charge in [0.05, 0.1) is 0 Å². The third-order valence-corrected chi connectivity index (χ3v) is 13.4. The Hall–Kier alpha value is -2.37. The van der Waals surface area contributed by atoms with E-state index in [2.05, 4.69) is 57.2 Å². The van der Waals surface area contributed by atoms with Crippen LogP contribution in [0.25, 0.3) is 0 Å². The molecule has 6 nitrogen and oxygen atoms in total. The van der Waals surface area contributed by atoms with Gasteiger partial charge in [-0.15, -0.1) is 0 Å². The maximum Gasteiger partial charge on any atom is 0.306 e. The zero-order valence-corrected chi connectivity index (χ0v) is 45.6. The average molecular weight is 956 g/mol. The molecule has 0 saturated heterocycles. The molecule has 0 radical (unpaired) electrons. The summed E-state index contributed by atoms with van der Waals surface area (Å²) in [4.78, 5) is 38.1. The second-order valence-corrected chi connectivity index (χ2v) is 20.3. The molecular weight excluding hydrogens is 841 g/mol. The van der Waals surface area contributed by atoms with Crippen molar-refractivity contribution in [2.45, 2.75) is 329 Å². The second kappa shape index (κ2) is 57.2. The van der Waals surface area contributed by atoms with E-state index < -0.39 is 6.10 Å². The Morgan fingerprint density at radius 1 is 0.294 bits per heavy atom. The van der Waals surface area contributed by atoms with Gasteiger partial charge in [0, 0.05) is 19.3 Å². The minimum atomic E-state index is -0.780. The number of carbonyl (C=O) groups excluding carboxylic acids is 3. The van der Waals surface area contributed by atoms with Crippen molar-refractivity contribution in [3.63, 3.8) is 0 Å². The highest BCUT2D eigenvalue weighted by Crippen LogP contribution is 2.17. The zero-order chi connectivity index (χ0) is 49.3. The lowest BCUT2D eigenvalue weighted by molar-refractivity contribution is -0.167.